The zero-order valence-corrected chi connectivity index (χ0v) is 9.28. The molecule has 1 aromatic heterocycles. The summed E-state index contributed by atoms with van der Waals surface area (Å²) in [6.45, 7) is 1.50. The first-order valence-corrected chi connectivity index (χ1v) is 5.05. The largest absolute Gasteiger partial charge is 0.456 e. The van der Waals surface area contributed by atoms with Crippen molar-refractivity contribution in [3.05, 3.63) is 33.6 Å². The molecule has 0 atom stereocenters. The topological polar surface area (TPSA) is 39.4 Å². The minimum Gasteiger partial charge on any atom is -0.456 e. The number of ether oxygens (including phenoxy) is 1. The van der Waals surface area contributed by atoms with E-state index < -0.39 is 0 Å². The van der Waals surface area contributed by atoms with Gasteiger partial charge in [0.1, 0.15) is 18.0 Å². The van der Waals surface area contributed by atoms with E-state index in [0.717, 1.165) is 14.5 Å². The third kappa shape index (κ3) is 1.75. The monoisotopic (exact) mass is 301 g/mol. The fraction of sp³-hybridized carbons (Fsp3) is 0.100. The maximum absolute atomic E-state index is 9.87. The van der Waals surface area contributed by atoms with Crippen LogP contribution < -0.4 is 0 Å². The third-order valence-electron chi connectivity index (χ3n) is 1.82. The molecule has 14 heavy (non-hydrogen) atoms. The third-order valence-corrected chi connectivity index (χ3v) is 2.67. The van der Waals surface area contributed by atoms with Crippen molar-refractivity contribution in [2.45, 2.75) is 6.61 Å². The molecule has 0 N–H and O–H groups in total. The van der Waals surface area contributed by atoms with Crippen LogP contribution in [0.3, 0.4) is 0 Å². The summed E-state index contributed by atoms with van der Waals surface area (Å²) in [4.78, 5) is 9.87. The minimum atomic E-state index is 0.133. The number of benzene rings is 1. The van der Waals surface area contributed by atoms with Crippen molar-refractivity contribution in [3.63, 3.8) is 0 Å². The maximum Gasteiger partial charge on any atom is 0.417 e. The maximum atomic E-state index is 9.87. The molecule has 0 bridgehead atoms. The summed E-state index contributed by atoms with van der Waals surface area (Å²) >= 11 is 2.20. The summed E-state index contributed by atoms with van der Waals surface area (Å²) in [5, 5.41) is 1.02. The Labute approximate surface area is 94.2 Å². The quantitative estimate of drug-likeness (QED) is 0.818. The van der Waals surface area contributed by atoms with Crippen LogP contribution in [0.25, 0.3) is 11.0 Å². The lowest BCUT2D eigenvalue weighted by atomic mass is 10.2. The van der Waals surface area contributed by atoms with E-state index in [1.54, 1.807) is 0 Å². The van der Waals surface area contributed by atoms with Gasteiger partial charge < -0.3 is 9.15 Å². The Kier molecular flexibility index (Phi) is 2.72. The van der Waals surface area contributed by atoms with Gasteiger partial charge >= 0.3 is 6.47 Å². The number of fused-ring (bicyclic) bond motifs is 1. The molecule has 0 spiro atoms. The van der Waals surface area contributed by atoms with Gasteiger partial charge in [0.05, 0.1) is 3.57 Å². The molecule has 1 heterocycles. The molecule has 0 saturated heterocycles. The van der Waals surface area contributed by atoms with E-state index in [2.05, 4.69) is 27.3 Å². The number of rotatable bonds is 3. The molecule has 0 unspecified atom stereocenters. The zero-order chi connectivity index (χ0) is 9.97. The Hall–Kier alpha value is -1.04. The molecule has 3 nitrogen and oxygen atoms in total. The summed E-state index contributed by atoms with van der Waals surface area (Å²) in [6.07, 6.45) is 0. The highest BCUT2D eigenvalue weighted by atomic mass is 127. The number of halogens is 1. The Morgan fingerprint density at radius 3 is 3.07 bits per heavy atom. The van der Waals surface area contributed by atoms with Crippen LogP contribution in [0.1, 0.15) is 5.76 Å². The van der Waals surface area contributed by atoms with Crippen LogP contribution in [0, 0.1) is 3.57 Å². The molecule has 2 aromatic rings. The lowest BCUT2D eigenvalue weighted by Crippen LogP contribution is -1.85. The molecular formula is C10H6IO3. The number of furan rings is 1. The predicted octanol–water partition coefficient (Wildman–Crippen LogP) is 2.62. The van der Waals surface area contributed by atoms with Gasteiger partial charge in [-0.15, -0.1) is 0 Å². The van der Waals surface area contributed by atoms with Gasteiger partial charge in [-0.2, -0.15) is 0 Å². The van der Waals surface area contributed by atoms with E-state index >= 15 is 0 Å². The van der Waals surface area contributed by atoms with Gasteiger partial charge in [0, 0.05) is 5.39 Å². The molecule has 0 aliphatic heterocycles. The zero-order valence-electron chi connectivity index (χ0n) is 7.12. The van der Waals surface area contributed by atoms with Crippen molar-refractivity contribution in [2.75, 3.05) is 0 Å². The Morgan fingerprint density at radius 2 is 2.36 bits per heavy atom. The summed E-state index contributed by atoms with van der Waals surface area (Å²) in [6, 6.07) is 7.73. The SMILES string of the molecule is O=[C]OCc1cc2cccc(I)c2o1. The van der Waals surface area contributed by atoms with Gasteiger partial charge in [0.15, 0.2) is 0 Å². The molecule has 0 aliphatic carbocycles. The second-order valence-electron chi connectivity index (χ2n) is 2.74. The van der Waals surface area contributed by atoms with Crippen LogP contribution in [-0.2, 0) is 16.1 Å². The molecule has 0 saturated carbocycles. The number of para-hydroxylation sites is 1. The van der Waals surface area contributed by atoms with Crippen LogP contribution in [0.4, 0.5) is 0 Å². The van der Waals surface area contributed by atoms with E-state index in [-0.39, 0.29) is 6.61 Å². The Balaban J connectivity index is 2.41. The van der Waals surface area contributed by atoms with Crippen molar-refractivity contribution >= 4 is 40.0 Å². The van der Waals surface area contributed by atoms with Gasteiger partial charge in [-0.05, 0) is 34.7 Å². The van der Waals surface area contributed by atoms with E-state index in [0.29, 0.717) is 5.76 Å². The van der Waals surface area contributed by atoms with Gasteiger partial charge in [0.25, 0.3) is 0 Å². The fourth-order valence-electron chi connectivity index (χ4n) is 1.25. The summed E-state index contributed by atoms with van der Waals surface area (Å²) in [5.74, 6) is 0.632. The van der Waals surface area contributed by atoms with Crippen molar-refractivity contribution in [3.8, 4) is 0 Å². The van der Waals surface area contributed by atoms with E-state index in [4.69, 9.17) is 4.42 Å². The first-order chi connectivity index (χ1) is 6.81. The standard InChI is InChI=1S/C10H6IO3/c11-9-3-1-2-7-4-8(5-13-6-12)14-10(7)9/h1-4H,5H2. The van der Waals surface area contributed by atoms with E-state index in [9.17, 15) is 4.79 Å². The van der Waals surface area contributed by atoms with Crippen LogP contribution in [0.5, 0.6) is 0 Å². The average Bonchev–Trinajstić information content (AvgIpc) is 2.59. The molecule has 0 fully saturated rings. The fourth-order valence-corrected chi connectivity index (χ4v) is 1.88. The Morgan fingerprint density at radius 1 is 1.50 bits per heavy atom. The van der Waals surface area contributed by atoms with Crippen LogP contribution >= 0.6 is 22.6 Å². The van der Waals surface area contributed by atoms with Gasteiger partial charge in [0.2, 0.25) is 0 Å². The lowest BCUT2D eigenvalue weighted by Gasteiger charge is -1.91. The van der Waals surface area contributed by atoms with Crippen LogP contribution in [0.2, 0.25) is 0 Å². The van der Waals surface area contributed by atoms with E-state index in [1.165, 1.54) is 6.47 Å². The second kappa shape index (κ2) is 4.00. The number of hydrogen-bond acceptors (Lipinski definition) is 3. The Bertz CT molecular complexity index is 461. The van der Waals surface area contributed by atoms with Gasteiger partial charge in [-0.25, -0.2) is 4.79 Å². The molecule has 71 valence electrons. The van der Waals surface area contributed by atoms with Crippen LogP contribution in [-0.4, -0.2) is 6.47 Å². The summed E-state index contributed by atoms with van der Waals surface area (Å²) < 4.78 is 11.0. The smallest absolute Gasteiger partial charge is 0.417 e. The second-order valence-corrected chi connectivity index (χ2v) is 3.91. The van der Waals surface area contributed by atoms with Crippen molar-refractivity contribution in [2.24, 2.45) is 0 Å². The molecule has 0 aliphatic rings. The van der Waals surface area contributed by atoms with E-state index in [1.807, 2.05) is 24.3 Å². The van der Waals surface area contributed by atoms with Crippen LogP contribution in [0.15, 0.2) is 28.7 Å². The first kappa shape index (κ1) is 9.51. The highest BCUT2D eigenvalue weighted by Crippen LogP contribution is 2.24. The number of carbonyl (C=O) groups excluding carboxylic acids is 1. The number of hydrogen-bond donors (Lipinski definition) is 0. The normalized spacial score (nSPS) is 10.4. The first-order valence-electron chi connectivity index (χ1n) is 3.97. The molecule has 2 rings (SSSR count). The molecule has 1 radical (unpaired) electrons. The van der Waals surface area contributed by atoms with Crippen molar-refractivity contribution in [1.29, 1.82) is 0 Å². The highest BCUT2D eigenvalue weighted by Gasteiger charge is 2.06. The van der Waals surface area contributed by atoms with Gasteiger partial charge in [-0.1, -0.05) is 12.1 Å². The van der Waals surface area contributed by atoms with Crippen molar-refractivity contribution < 1.29 is 13.9 Å². The van der Waals surface area contributed by atoms with Crippen molar-refractivity contribution in [1.82, 2.24) is 0 Å². The molecular weight excluding hydrogens is 295 g/mol. The lowest BCUT2D eigenvalue weighted by molar-refractivity contribution is 0.242. The minimum absolute atomic E-state index is 0.133. The summed E-state index contributed by atoms with van der Waals surface area (Å²) in [5.41, 5.74) is 0.831. The molecule has 0 amide bonds. The average molecular weight is 301 g/mol. The predicted molar refractivity (Wildman–Crippen MR) is 59.4 cm³/mol. The molecule has 1 aromatic carbocycles. The molecule has 4 heteroatoms. The summed E-state index contributed by atoms with van der Waals surface area (Å²) in [7, 11) is 0. The van der Waals surface area contributed by atoms with Gasteiger partial charge in [-0.3, -0.25) is 0 Å². The highest BCUT2D eigenvalue weighted by molar-refractivity contribution is 14.1.